The summed E-state index contributed by atoms with van der Waals surface area (Å²) in [5.74, 6) is -1.19. The number of primary sulfonamides is 1. The van der Waals surface area contributed by atoms with Crippen LogP contribution in [0, 0.1) is 0 Å². The van der Waals surface area contributed by atoms with E-state index in [2.05, 4.69) is 5.32 Å². The van der Waals surface area contributed by atoms with E-state index >= 15 is 0 Å². The number of rotatable bonds is 2. The lowest BCUT2D eigenvalue weighted by Gasteiger charge is -2.18. The van der Waals surface area contributed by atoms with Crippen molar-refractivity contribution >= 4 is 16.0 Å². The molecule has 1 saturated heterocycles. The van der Waals surface area contributed by atoms with Crippen LogP contribution in [0.25, 0.3) is 0 Å². The maximum absolute atomic E-state index is 10.8. The molecule has 0 spiro atoms. The summed E-state index contributed by atoms with van der Waals surface area (Å²) in [5, 5.41) is 16.4. The number of nitrogens with two attached hydrogens (primary N) is 2. The Morgan fingerprint density at radius 3 is 2.55 bits per heavy atom. The van der Waals surface area contributed by atoms with Crippen molar-refractivity contribution in [3.63, 3.8) is 0 Å². The van der Waals surface area contributed by atoms with Crippen molar-refractivity contribution in [3.8, 4) is 0 Å². The van der Waals surface area contributed by atoms with E-state index in [-0.39, 0.29) is 16.6 Å². The third-order valence-corrected chi connectivity index (χ3v) is 3.27. The van der Waals surface area contributed by atoms with Gasteiger partial charge in [0.1, 0.15) is 0 Å². The van der Waals surface area contributed by atoms with E-state index in [0.29, 0.717) is 6.61 Å². The second kappa shape index (κ2) is 7.31. The number of sulfonamides is 1. The van der Waals surface area contributed by atoms with E-state index in [1.165, 1.54) is 18.2 Å². The number of ether oxygens (including phenoxy) is 1. The molecule has 0 bridgehead atoms. The van der Waals surface area contributed by atoms with Crippen LogP contribution in [0.5, 0.6) is 0 Å². The SMILES string of the molecule is NC1COCCN1.NS(=O)(=O)c1cccc(C(=O)O)c1. The quantitative estimate of drug-likeness (QED) is 0.544. The molecular formula is C11H17N3O5S. The van der Waals surface area contributed by atoms with Gasteiger partial charge >= 0.3 is 5.97 Å². The zero-order valence-electron chi connectivity index (χ0n) is 10.7. The van der Waals surface area contributed by atoms with Crippen molar-refractivity contribution < 1.29 is 23.1 Å². The van der Waals surface area contributed by atoms with Crippen molar-refractivity contribution in [1.29, 1.82) is 0 Å². The zero-order valence-corrected chi connectivity index (χ0v) is 11.5. The molecule has 1 aliphatic rings. The van der Waals surface area contributed by atoms with Gasteiger partial charge in [-0.25, -0.2) is 18.4 Å². The normalized spacial score (nSPS) is 18.8. The minimum Gasteiger partial charge on any atom is -0.478 e. The van der Waals surface area contributed by atoms with Gasteiger partial charge in [0.15, 0.2) is 0 Å². The summed E-state index contributed by atoms with van der Waals surface area (Å²) in [4.78, 5) is 10.2. The molecule has 0 aliphatic carbocycles. The molecule has 1 aromatic rings. The van der Waals surface area contributed by atoms with Gasteiger partial charge in [0.25, 0.3) is 0 Å². The topological polar surface area (TPSA) is 145 Å². The van der Waals surface area contributed by atoms with E-state index in [9.17, 15) is 13.2 Å². The number of hydrogen-bond donors (Lipinski definition) is 4. The Labute approximate surface area is 116 Å². The van der Waals surface area contributed by atoms with Crippen molar-refractivity contribution in [3.05, 3.63) is 29.8 Å². The van der Waals surface area contributed by atoms with Gasteiger partial charge in [-0.1, -0.05) is 6.07 Å². The standard InChI is InChI=1S/C7H7NO4S.C4H10N2O/c8-13(11,12)6-3-1-2-5(4-6)7(9)10;5-4-3-7-2-1-6-4/h1-4H,(H,9,10)(H2,8,11,12);4,6H,1-3,5H2. The lowest BCUT2D eigenvalue weighted by atomic mass is 10.2. The van der Waals surface area contributed by atoms with E-state index in [4.69, 9.17) is 20.7 Å². The molecule has 8 nitrogen and oxygen atoms in total. The van der Waals surface area contributed by atoms with Gasteiger partial charge in [-0.2, -0.15) is 0 Å². The Bertz CT molecular complexity index is 555. The number of nitrogens with one attached hydrogen (secondary N) is 1. The fourth-order valence-electron chi connectivity index (χ4n) is 1.39. The Morgan fingerprint density at radius 2 is 2.15 bits per heavy atom. The van der Waals surface area contributed by atoms with Crippen molar-refractivity contribution in [2.24, 2.45) is 10.9 Å². The monoisotopic (exact) mass is 303 g/mol. The molecule has 20 heavy (non-hydrogen) atoms. The minimum absolute atomic E-state index is 0.0637. The smallest absolute Gasteiger partial charge is 0.335 e. The van der Waals surface area contributed by atoms with Crippen LogP contribution in [0.4, 0.5) is 0 Å². The number of carboxylic acid groups (broad SMARTS) is 1. The summed E-state index contributed by atoms with van der Waals surface area (Å²) in [6.07, 6.45) is 0.0637. The summed E-state index contributed by atoms with van der Waals surface area (Å²) in [6, 6.07) is 4.86. The van der Waals surface area contributed by atoms with Crippen molar-refractivity contribution in [2.45, 2.75) is 11.1 Å². The third-order valence-electron chi connectivity index (χ3n) is 2.36. The van der Waals surface area contributed by atoms with Crippen LogP contribution in [0.1, 0.15) is 10.4 Å². The molecule has 2 rings (SSSR count). The first-order valence-electron chi connectivity index (χ1n) is 5.73. The predicted octanol–water partition coefficient (Wildman–Crippen LogP) is -1.08. The molecule has 1 aliphatic heterocycles. The Morgan fingerprint density at radius 1 is 1.45 bits per heavy atom. The molecule has 0 saturated carbocycles. The summed E-state index contributed by atoms with van der Waals surface area (Å²) in [6.45, 7) is 2.34. The maximum Gasteiger partial charge on any atom is 0.335 e. The largest absolute Gasteiger partial charge is 0.478 e. The molecule has 1 aromatic carbocycles. The molecular weight excluding hydrogens is 286 g/mol. The highest BCUT2D eigenvalue weighted by atomic mass is 32.2. The van der Waals surface area contributed by atoms with Gasteiger partial charge in [-0.3, -0.25) is 5.32 Å². The van der Waals surface area contributed by atoms with Crippen LogP contribution in [-0.4, -0.2) is 45.4 Å². The van der Waals surface area contributed by atoms with Gasteiger partial charge in [0.05, 0.1) is 29.8 Å². The van der Waals surface area contributed by atoms with Gasteiger partial charge in [0.2, 0.25) is 10.0 Å². The zero-order chi connectivity index (χ0) is 15.2. The highest BCUT2D eigenvalue weighted by molar-refractivity contribution is 7.89. The van der Waals surface area contributed by atoms with Gasteiger partial charge in [0, 0.05) is 6.54 Å². The van der Waals surface area contributed by atoms with Gasteiger partial charge < -0.3 is 15.6 Å². The highest BCUT2D eigenvalue weighted by Crippen LogP contribution is 2.09. The van der Waals surface area contributed by atoms with E-state index in [1.54, 1.807) is 0 Å². The number of hydrogen-bond acceptors (Lipinski definition) is 6. The average molecular weight is 303 g/mol. The average Bonchev–Trinajstić information content (AvgIpc) is 2.39. The number of aromatic carboxylic acids is 1. The van der Waals surface area contributed by atoms with E-state index in [1.807, 2.05) is 0 Å². The molecule has 0 radical (unpaired) electrons. The third kappa shape index (κ3) is 5.63. The van der Waals surface area contributed by atoms with Crippen LogP contribution in [0.15, 0.2) is 29.2 Å². The molecule has 0 aromatic heterocycles. The lowest BCUT2D eigenvalue weighted by Crippen LogP contribution is -2.47. The fraction of sp³-hybridized carbons (Fsp3) is 0.364. The highest BCUT2D eigenvalue weighted by Gasteiger charge is 2.10. The van der Waals surface area contributed by atoms with Gasteiger partial charge in [-0.15, -0.1) is 0 Å². The molecule has 1 heterocycles. The summed E-state index contributed by atoms with van der Waals surface area (Å²) in [5.41, 5.74) is 5.29. The summed E-state index contributed by atoms with van der Waals surface area (Å²) >= 11 is 0. The van der Waals surface area contributed by atoms with E-state index in [0.717, 1.165) is 19.2 Å². The second-order valence-corrected chi connectivity index (χ2v) is 5.57. The molecule has 9 heteroatoms. The number of benzene rings is 1. The number of morpholine rings is 1. The van der Waals surface area contributed by atoms with Crippen LogP contribution >= 0.6 is 0 Å². The minimum atomic E-state index is -3.82. The van der Waals surface area contributed by atoms with Gasteiger partial charge in [-0.05, 0) is 18.2 Å². The fourth-order valence-corrected chi connectivity index (χ4v) is 1.95. The summed E-state index contributed by atoms with van der Waals surface area (Å²) in [7, 11) is -3.82. The van der Waals surface area contributed by atoms with Crippen molar-refractivity contribution in [1.82, 2.24) is 5.32 Å². The first kappa shape index (κ1) is 16.5. The Hall–Kier alpha value is -1.52. The summed E-state index contributed by atoms with van der Waals surface area (Å²) < 4.78 is 26.6. The molecule has 6 N–H and O–H groups in total. The maximum atomic E-state index is 10.8. The van der Waals surface area contributed by atoms with Crippen LogP contribution in [0.2, 0.25) is 0 Å². The van der Waals surface area contributed by atoms with Crippen LogP contribution < -0.4 is 16.2 Å². The first-order chi connectivity index (χ1) is 9.30. The van der Waals surface area contributed by atoms with Crippen LogP contribution in [0.3, 0.4) is 0 Å². The van der Waals surface area contributed by atoms with Crippen LogP contribution in [-0.2, 0) is 14.8 Å². The molecule has 1 fully saturated rings. The molecule has 112 valence electrons. The Kier molecular flexibility index (Phi) is 6.05. The number of carbonyl (C=O) groups is 1. The molecule has 1 atom stereocenters. The predicted molar refractivity (Wildman–Crippen MR) is 71.6 cm³/mol. The second-order valence-electron chi connectivity index (χ2n) is 4.01. The van der Waals surface area contributed by atoms with E-state index < -0.39 is 16.0 Å². The molecule has 1 unspecified atom stereocenters. The first-order valence-corrected chi connectivity index (χ1v) is 7.28. The molecule has 0 amide bonds. The lowest BCUT2D eigenvalue weighted by molar-refractivity contribution is 0.0696. The Balaban J connectivity index is 0.000000240. The number of carboxylic acids is 1. The van der Waals surface area contributed by atoms with Crippen molar-refractivity contribution in [2.75, 3.05) is 19.8 Å².